The van der Waals surface area contributed by atoms with Crippen LogP contribution in [0.3, 0.4) is 0 Å². The Kier molecular flexibility index (Phi) is 4.85. The van der Waals surface area contributed by atoms with Gasteiger partial charge in [-0.25, -0.2) is 4.39 Å². The monoisotopic (exact) mass is 293 g/mol. The van der Waals surface area contributed by atoms with Gasteiger partial charge in [-0.3, -0.25) is 0 Å². The summed E-state index contributed by atoms with van der Waals surface area (Å²) in [5, 5.41) is 3.95. The lowest BCUT2D eigenvalue weighted by atomic mass is 10.0. The summed E-state index contributed by atoms with van der Waals surface area (Å²) in [6.07, 6.45) is 0.816. The van der Waals surface area contributed by atoms with Gasteiger partial charge in [-0.15, -0.1) is 0 Å². The predicted molar refractivity (Wildman–Crippen MR) is 81.1 cm³/mol. The Morgan fingerprint density at radius 3 is 2.70 bits per heavy atom. The molecular formula is C16H17ClFNO. The van der Waals surface area contributed by atoms with Crippen molar-refractivity contribution in [2.75, 3.05) is 12.4 Å². The van der Waals surface area contributed by atoms with Crippen molar-refractivity contribution in [2.24, 2.45) is 0 Å². The summed E-state index contributed by atoms with van der Waals surface area (Å²) in [4.78, 5) is 0. The molecule has 0 aromatic heterocycles. The van der Waals surface area contributed by atoms with Crippen LogP contribution in [0.1, 0.15) is 24.9 Å². The lowest BCUT2D eigenvalue weighted by molar-refractivity contribution is 0.415. The summed E-state index contributed by atoms with van der Waals surface area (Å²) in [5.74, 6) is 0.491. The SMILES string of the molecule is CCC(Nc1cc(OC)ccc1Cl)c1cccc(F)c1. The summed E-state index contributed by atoms with van der Waals surface area (Å²) < 4.78 is 18.5. The molecule has 1 atom stereocenters. The third kappa shape index (κ3) is 3.42. The maximum absolute atomic E-state index is 13.3. The van der Waals surface area contributed by atoms with Crippen LogP contribution in [0.2, 0.25) is 5.02 Å². The van der Waals surface area contributed by atoms with E-state index in [0.29, 0.717) is 5.02 Å². The van der Waals surface area contributed by atoms with E-state index in [-0.39, 0.29) is 11.9 Å². The fourth-order valence-electron chi connectivity index (χ4n) is 2.07. The Bertz CT molecular complexity index is 588. The van der Waals surface area contributed by atoms with E-state index < -0.39 is 0 Å². The number of methoxy groups -OCH3 is 1. The number of nitrogens with one attached hydrogen (secondary N) is 1. The van der Waals surface area contributed by atoms with Crippen LogP contribution >= 0.6 is 11.6 Å². The van der Waals surface area contributed by atoms with Gasteiger partial charge in [0.15, 0.2) is 0 Å². The van der Waals surface area contributed by atoms with Crippen LogP contribution in [0.25, 0.3) is 0 Å². The Hall–Kier alpha value is -1.74. The van der Waals surface area contributed by atoms with Gasteiger partial charge in [-0.1, -0.05) is 30.7 Å². The molecule has 0 spiro atoms. The zero-order chi connectivity index (χ0) is 14.5. The predicted octanol–water partition coefficient (Wildman–Crippen LogP) is 5.05. The topological polar surface area (TPSA) is 21.3 Å². The molecule has 2 rings (SSSR count). The first kappa shape index (κ1) is 14.7. The van der Waals surface area contributed by atoms with E-state index in [1.165, 1.54) is 12.1 Å². The van der Waals surface area contributed by atoms with E-state index in [2.05, 4.69) is 5.32 Å². The molecule has 0 aliphatic carbocycles. The number of anilines is 1. The highest BCUT2D eigenvalue weighted by Gasteiger charge is 2.12. The number of hydrogen-bond acceptors (Lipinski definition) is 2. The zero-order valence-electron chi connectivity index (χ0n) is 11.5. The largest absolute Gasteiger partial charge is 0.497 e. The number of benzene rings is 2. The first-order chi connectivity index (χ1) is 9.63. The number of rotatable bonds is 5. The fraction of sp³-hybridized carbons (Fsp3) is 0.250. The highest BCUT2D eigenvalue weighted by molar-refractivity contribution is 6.33. The first-order valence-electron chi connectivity index (χ1n) is 6.49. The molecule has 2 aromatic carbocycles. The van der Waals surface area contributed by atoms with E-state index in [9.17, 15) is 4.39 Å². The summed E-state index contributed by atoms with van der Waals surface area (Å²) in [7, 11) is 1.61. The van der Waals surface area contributed by atoms with Gasteiger partial charge in [0.05, 0.1) is 23.9 Å². The van der Waals surface area contributed by atoms with Crippen molar-refractivity contribution in [3.8, 4) is 5.75 Å². The normalized spacial score (nSPS) is 12.0. The molecule has 0 heterocycles. The van der Waals surface area contributed by atoms with Crippen molar-refractivity contribution in [3.63, 3.8) is 0 Å². The van der Waals surface area contributed by atoms with E-state index >= 15 is 0 Å². The standard InChI is InChI=1S/C16H17ClFNO/c1-3-15(11-5-4-6-12(18)9-11)19-16-10-13(20-2)7-8-14(16)17/h4-10,15,19H,3H2,1-2H3. The average molecular weight is 294 g/mol. The third-order valence-electron chi connectivity index (χ3n) is 3.16. The Balaban J connectivity index is 2.26. The van der Waals surface area contributed by atoms with Crippen molar-refractivity contribution >= 4 is 17.3 Å². The third-order valence-corrected chi connectivity index (χ3v) is 3.49. The molecule has 1 unspecified atom stereocenters. The Labute approximate surface area is 123 Å². The molecule has 1 N–H and O–H groups in total. The van der Waals surface area contributed by atoms with E-state index in [1.54, 1.807) is 25.3 Å². The van der Waals surface area contributed by atoms with Crippen molar-refractivity contribution in [1.82, 2.24) is 0 Å². The molecule has 4 heteroatoms. The molecule has 0 bridgehead atoms. The summed E-state index contributed by atoms with van der Waals surface area (Å²) >= 11 is 6.18. The van der Waals surface area contributed by atoms with Gasteiger partial charge in [-0.2, -0.15) is 0 Å². The van der Waals surface area contributed by atoms with Gasteiger partial charge in [0.2, 0.25) is 0 Å². The van der Waals surface area contributed by atoms with Crippen LogP contribution in [-0.2, 0) is 0 Å². The van der Waals surface area contributed by atoms with Gasteiger partial charge >= 0.3 is 0 Å². The van der Waals surface area contributed by atoms with Crippen molar-refractivity contribution < 1.29 is 9.13 Å². The summed E-state index contributed by atoms with van der Waals surface area (Å²) in [6.45, 7) is 2.04. The molecule has 0 aliphatic rings. The molecule has 0 aliphatic heterocycles. The van der Waals surface area contributed by atoms with Gasteiger partial charge < -0.3 is 10.1 Å². The van der Waals surface area contributed by atoms with E-state index in [0.717, 1.165) is 23.4 Å². The molecular weight excluding hydrogens is 277 g/mol. The second kappa shape index (κ2) is 6.62. The first-order valence-corrected chi connectivity index (χ1v) is 6.87. The number of hydrogen-bond donors (Lipinski definition) is 1. The molecule has 0 radical (unpaired) electrons. The van der Waals surface area contributed by atoms with Crippen LogP contribution < -0.4 is 10.1 Å². The molecule has 0 saturated heterocycles. The van der Waals surface area contributed by atoms with Gasteiger partial charge in [-0.05, 0) is 36.2 Å². The van der Waals surface area contributed by atoms with Crippen molar-refractivity contribution in [1.29, 1.82) is 0 Å². The molecule has 20 heavy (non-hydrogen) atoms. The smallest absolute Gasteiger partial charge is 0.123 e. The molecule has 0 saturated carbocycles. The average Bonchev–Trinajstić information content (AvgIpc) is 2.46. The van der Waals surface area contributed by atoms with Gasteiger partial charge in [0.25, 0.3) is 0 Å². The Morgan fingerprint density at radius 1 is 1.25 bits per heavy atom. The molecule has 2 aromatic rings. The molecule has 2 nitrogen and oxygen atoms in total. The van der Waals surface area contributed by atoms with Crippen LogP contribution in [0, 0.1) is 5.82 Å². The van der Waals surface area contributed by atoms with Crippen LogP contribution in [0.15, 0.2) is 42.5 Å². The minimum atomic E-state index is -0.237. The quantitative estimate of drug-likeness (QED) is 0.833. The molecule has 0 fully saturated rings. The van der Waals surface area contributed by atoms with Crippen molar-refractivity contribution in [3.05, 3.63) is 58.9 Å². The van der Waals surface area contributed by atoms with Gasteiger partial charge in [0, 0.05) is 6.07 Å². The van der Waals surface area contributed by atoms with Crippen LogP contribution in [0.5, 0.6) is 5.75 Å². The highest BCUT2D eigenvalue weighted by atomic mass is 35.5. The summed E-state index contributed by atoms with van der Waals surface area (Å²) in [6, 6.07) is 12.0. The van der Waals surface area contributed by atoms with Crippen molar-refractivity contribution in [2.45, 2.75) is 19.4 Å². The summed E-state index contributed by atoms with van der Waals surface area (Å²) in [5.41, 5.74) is 1.67. The number of ether oxygens (including phenoxy) is 1. The maximum atomic E-state index is 13.3. The lowest BCUT2D eigenvalue weighted by Crippen LogP contribution is -2.10. The molecule has 106 valence electrons. The maximum Gasteiger partial charge on any atom is 0.123 e. The minimum absolute atomic E-state index is 0.00435. The minimum Gasteiger partial charge on any atom is -0.497 e. The van der Waals surface area contributed by atoms with E-state index in [4.69, 9.17) is 16.3 Å². The number of halogens is 2. The van der Waals surface area contributed by atoms with E-state index in [1.807, 2.05) is 19.1 Å². The second-order valence-corrected chi connectivity index (χ2v) is 4.91. The second-order valence-electron chi connectivity index (χ2n) is 4.51. The van der Waals surface area contributed by atoms with Gasteiger partial charge in [0.1, 0.15) is 11.6 Å². The van der Waals surface area contributed by atoms with Crippen LogP contribution in [-0.4, -0.2) is 7.11 Å². The zero-order valence-corrected chi connectivity index (χ0v) is 12.2. The fourth-order valence-corrected chi connectivity index (χ4v) is 2.25. The lowest BCUT2D eigenvalue weighted by Gasteiger charge is -2.20. The highest BCUT2D eigenvalue weighted by Crippen LogP contribution is 2.31. The Morgan fingerprint density at radius 2 is 2.05 bits per heavy atom. The molecule has 0 amide bonds. The van der Waals surface area contributed by atoms with Crippen LogP contribution in [0.4, 0.5) is 10.1 Å².